The van der Waals surface area contributed by atoms with Crippen LogP contribution in [-0.2, 0) is 0 Å². The Bertz CT molecular complexity index is 171. The van der Waals surface area contributed by atoms with Crippen LogP contribution in [0.1, 0.15) is 27.2 Å². The van der Waals surface area contributed by atoms with E-state index in [1.165, 1.54) is 4.90 Å². The molecule has 16 heavy (non-hydrogen) atoms. The zero-order chi connectivity index (χ0) is 12.6. The highest BCUT2D eigenvalue weighted by molar-refractivity contribution is 4.67. The molecule has 0 aromatic rings. The van der Waals surface area contributed by atoms with Crippen LogP contribution in [-0.4, -0.2) is 43.8 Å². The van der Waals surface area contributed by atoms with Crippen LogP contribution in [0.3, 0.4) is 0 Å². The van der Waals surface area contributed by atoms with Crippen molar-refractivity contribution in [3.63, 3.8) is 0 Å². The van der Waals surface area contributed by atoms with Gasteiger partial charge in [0.15, 0.2) is 0 Å². The largest absolute Gasteiger partial charge is 0.401 e. The predicted octanol–water partition coefficient (Wildman–Crippen LogP) is 2.51. The Kier molecular flexibility index (Phi) is 7.76. The van der Waals surface area contributed by atoms with Gasteiger partial charge in [-0.15, -0.1) is 0 Å². The molecule has 0 aliphatic heterocycles. The van der Waals surface area contributed by atoms with E-state index in [2.05, 4.69) is 12.2 Å². The van der Waals surface area contributed by atoms with Crippen LogP contribution in [0.5, 0.6) is 0 Å². The summed E-state index contributed by atoms with van der Waals surface area (Å²) >= 11 is 0. The molecule has 0 rings (SSSR count). The number of nitrogens with zero attached hydrogens (tertiary/aromatic N) is 1. The van der Waals surface area contributed by atoms with Gasteiger partial charge >= 0.3 is 6.18 Å². The van der Waals surface area contributed by atoms with Gasteiger partial charge in [0.2, 0.25) is 0 Å². The smallest absolute Gasteiger partial charge is 0.316 e. The lowest BCUT2D eigenvalue weighted by Crippen LogP contribution is -2.39. The van der Waals surface area contributed by atoms with Gasteiger partial charge in [-0.25, -0.2) is 0 Å². The average Bonchev–Trinajstić information content (AvgIpc) is 2.15. The molecule has 0 saturated carbocycles. The fourth-order valence-corrected chi connectivity index (χ4v) is 1.59. The Morgan fingerprint density at radius 3 is 2.31 bits per heavy atom. The number of hydrogen-bond acceptors (Lipinski definition) is 2. The minimum Gasteiger partial charge on any atom is -0.316 e. The molecule has 0 saturated heterocycles. The Balaban J connectivity index is 3.83. The van der Waals surface area contributed by atoms with Crippen LogP contribution in [0, 0.1) is 5.92 Å². The third-order valence-corrected chi connectivity index (χ3v) is 2.34. The highest BCUT2D eigenvalue weighted by atomic mass is 19.4. The molecule has 1 atom stereocenters. The van der Waals surface area contributed by atoms with Crippen LogP contribution in [0.2, 0.25) is 0 Å². The third-order valence-electron chi connectivity index (χ3n) is 2.34. The number of hydrogen-bond donors (Lipinski definition) is 1. The van der Waals surface area contributed by atoms with Gasteiger partial charge in [-0.2, -0.15) is 13.2 Å². The fourth-order valence-electron chi connectivity index (χ4n) is 1.59. The van der Waals surface area contributed by atoms with Crippen molar-refractivity contribution in [2.24, 2.45) is 5.92 Å². The van der Waals surface area contributed by atoms with E-state index >= 15 is 0 Å². The molecule has 2 nitrogen and oxygen atoms in total. The van der Waals surface area contributed by atoms with Gasteiger partial charge in [-0.3, -0.25) is 4.90 Å². The second-order valence-corrected chi connectivity index (χ2v) is 4.25. The van der Waals surface area contributed by atoms with E-state index in [0.717, 1.165) is 19.5 Å². The van der Waals surface area contributed by atoms with E-state index in [0.29, 0.717) is 13.1 Å². The molecule has 0 bridgehead atoms. The van der Waals surface area contributed by atoms with Crippen LogP contribution < -0.4 is 5.32 Å². The van der Waals surface area contributed by atoms with E-state index in [1.54, 1.807) is 6.92 Å². The van der Waals surface area contributed by atoms with E-state index in [-0.39, 0.29) is 5.92 Å². The molecule has 1 N–H and O–H groups in total. The van der Waals surface area contributed by atoms with Crippen molar-refractivity contribution < 1.29 is 13.2 Å². The molecule has 0 aliphatic carbocycles. The molecule has 0 aromatic heterocycles. The summed E-state index contributed by atoms with van der Waals surface area (Å²) < 4.78 is 36.6. The maximum absolute atomic E-state index is 12.2. The quantitative estimate of drug-likeness (QED) is 0.656. The molecule has 98 valence electrons. The molecule has 5 heteroatoms. The van der Waals surface area contributed by atoms with E-state index in [1.807, 2.05) is 6.92 Å². The maximum Gasteiger partial charge on any atom is 0.401 e. The minimum absolute atomic E-state index is 0.244. The van der Waals surface area contributed by atoms with E-state index < -0.39 is 12.7 Å². The van der Waals surface area contributed by atoms with Gasteiger partial charge in [-0.1, -0.05) is 20.8 Å². The van der Waals surface area contributed by atoms with Crippen molar-refractivity contribution in [3.8, 4) is 0 Å². The van der Waals surface area contributed by atoms with Crippen molar-refractivity contribution in [1.82, 2.24) is 10.2 Å². The summed E-state index contributed by atoms with van der Waals surface area (Å²) in [4.78, 5) is 1.44. The SMILES string of the molecule is CCCNCC(C)CN(CC)CC(F)(F)F. The molecule has 0 amide bonds. The summed E-state index contributed by atoms with van der Waals surface area (Å²) in [5, 5.41) is 3.22. The first-order chi connectivity index (χ1) is 7.39. The topological polar surface area (TPSA) is 15.3 Å². The molecule has 0 fully saturated rings. The van der Waals surface area contributed by atoms with Crippen molar-refractivity contribution in [2.45, 2.75) is 33.4 Å². The van der Waals surface area contributed by atoms with E-state index in [9.17, 15) is 13.2 Å². The molecular formula is C11H23F3N2. The van der Waals surface area contributed by atoms with Crippen molar-refractivity contribution in [3.05, 3.63) is 0 Å². The second-order valence-electron chi connectivity index (χ2n) is 4.25. The van der Waals surface area contributed by atoms with Crippen LogP contribution >= 0.6 is 0 Å². The monoisotopic (exact) mass is 240 g/mol. The molecule has 0 aromatic carbocycles. The summed E-state index contributed by atoms with van der Waals surface area (Å²) in [6, 6.07) is 0. The third kappa shape index (κ3) is 8.97. The van der Waals surface area contributed by atoms with Crippen molar-refractivity contribution in [1.29, 1.82) is 0 Å². The average molecular weight is 240 g/mol. The lowest BCUT2D eigenvalue weighted by atomic mass is 10.1. The van der Waals surface area contributed by atoms with Crippen LogP contribution in [0.15, 0.2) is 0 Å². The summed E-state index contributed by atoms with van der Waals surface area (Å²) in [6.45, 7) is 7.64. The van der Waals surface area contributed by atoms with Gasteiger partial charge in [0.1, 0.15) is 0 Å². The fraction of sp³-hybridized carbons (Fsp3) is 1.00. The first-order valence-corrected chi connectivity index (χ1v) is 5.88. The van der Waals surface area contributed by atoms with Gasteiger partial charge in [-0.05, 0) is 32.0 Å². The van der Waals surface area contributed by atoms with Gasteiger partial charge in [0.25, 0.3) is 0 Å². The predicted molar refractivity (Wildman–Crippen MR) is 60.5 cm³/mol. The van der Waals surface area contributed by atoms with Gasteiger partial charge in [0, 0.05) is 6.54 Å². The maximum atomic E-state index is 12.2. The van der Waals surface area contributed by atoms with Crippen LogP contribution in [0.4, 0.5) is 13.2 Å². The molecular weight excluding hydrogens is 217 g/mol. The Hall–Kier alpha value is -0.290. The standard InChI is InChI=1S/C11H23F3N2/c1-4-6-15-7-10(3)8-16(5-2)9-11(12,13)14/h10,15H,4-9H2,1-3H3. The number of nitrogens with one attached hydrogen (secondary N) is 1. The highest BCUT2D eigenvalue weighted by Crippen LogP contribution is 2.16. The molecule has 1 unspecified atom stereocenters. The lowest BCUT2D eigenvalue weighted by Gasteiger charge is -2.25. The summed E-state index contributed by atoms with van der Waals surface area (Å²) in [5.41, 5.74) is 0. The second kappa shape index (κ2) is 7.90. The van der Waals surface area contributed by atoms with Crippen LogP contribution in [0.25, 0.3) is 0 Å². The Morgan fingerprint density at radius 2 is 1.88 bits per heavy atom. The lowest BCUT2D eigenvalue weighted by molar-refractivity contribution is -0.146. The zero-order valence-corrected chi connectivity index (χ0v) is 10.4. The van der Waals surface area contributed by atoms with Gasteiger partial charge in [0.05, 0.1) is 6.54 Å². The molecule has 0 spiro atoms. The number of alkyl halides is 3. The molecule has 0 aliphatic rings. The van der Waals surface area contributed by atoms with E-state index in [4.69, 9.17) is 0 Å². The van der Waals surface area contributed by atoms with Crippen molar-refractivity contribution in [2.75, 3.05) is 32.7 Å². The van der Waals surface area contributed by atoms with Crippen molar-refractivity contribution >= 4 is 0 Å². The Labute approximate surface area is 96.2 Å². The summed E-state index contributed by atoms with van der Waals surface area (Å²) in [5.74, 6) is 0.244. The highest BCUT2D eigenvalue weighted by Gasteiger charge is 2.30. The first kappa shape index (κ1) is 15.7. The number of rotatable bonds is 8. The summed E-state index contributed by atoms with van der Waals surface area (Å²) in [7, 11) is 0. The van der Waals surface area contributed by atoms with Gasteiger partial charge < -0.3 is 5.32 Å². The minimum atomic E-state index is -4.09. The molecule has 0 heterocycles. The number of halogens is 3. The first-order valence-electron chi connectivity index (χ1n) is 5.88. The Morgan fingerprint density at radius 1 is 1.25 bits per heavy atom. The zero-order valence-electron chi connectivity index (χ0n) is 10.4. The summed E-state index contributed by atoms with van der Waals surface area (Å²) in [6.07, 6.45) is -3.04. The normalized spacial score (nSPS) is 14.4. The molecule has 0 radical (unpaired) electrons.